The van der Waals surface area contributed by atoms with Crippen LogP contribution in [0.2, 0.25) is 0 Å². The SMILES string of the molecule is C#CCN1C(=O)S/C(=C/c2ccccc2OCc2ccc(F)cc2)C1=O. The number of thioether (sulfide) groups is 1. The van der Waals surface area contributed by atoms with Crippen molar-refractivity contribution in [1.29, 1.82) is 0 Å². The normalized spacial score (nSPS) is 15.4. The molecule has 2 aromatic rings. The number of para-hydroxylation sites is 1. The van der Waals surface area contributed by atoms with Crippen LogP contribution in [0, 0.1) is 18.2 Å². The van der Waals surface area contributed by atoms with E-state index < -0.39 is 5.91 Å². The zero-order chi connectivity index (χ0) is 18.5. The largest absolute Gasteiger partial charge is 0.488 e. The number of imide groups is 1. The summed E-state index contributed by atoms with van der Waals surface area (Å²) in [7, 11) is 0. The van der Waals surface area contributed by atoms with E-state index in [0.717, 1.165) is 22.2 Å². The molecule has 2 aromatic carbocycles. The number of benzene rings is 2. The van der Waals surface area contributed by atoms with Crippen LogP contribution in [-0.2, 0) is 11.4 Å². The molecule has 0 aliphatic carbocycles. The van der Waals surface area contributed by atoms with Gasteiger partial charge in [0.15, 0.2) is 0 Å². The standard InChI is InChI=1S/C20H14FNO3S/c1-2-11-22-19(23)18(26-20(22)24)12-15-5-3-4-6-17(15)25-13-14-7-9-16(21)10-8-14/h1,3-10,12H,11,13H2/b18-12+. The van der Waals surface area contributed by atoms with Gasteiger partial charge in [0.2, 0.25) is 0 Å². The number of rotatable bonds is 5. The summed E-state index contributed by atoms with van der Waals surface area (Å²) in [6, 6.07) is 13.2. The molecule has 1 saturated heterocycles. The molecule has 1 aliphatic rings. The van der Waals surface area contributed by atoms with Gasteiger partial charge in [0.25, 0.3) is 11.1 Å². The van der Waals surface area contributed by atoms with E-state index in [-0.39, 0.29) is 24.2 Å². The van der Waals surface area contributed by atoms with Gasteiger partial charge in [-0.3, -0.25) is 14.5 Å². The molecule has 1 aliphatic heterocycles. The summed E-state index contributed by atoms with van der Waals surface area (Å²) in [5.41, 5.74) is 1.48. The molecule has 3 rings (SSSR count). The molecule has 0 aromatic heterocycles. The van der Waals surface area contributed by atoms with Crippen LogP contribution in [0.5, 0.6) is 5.75 Å². The Hall–Kier alpha value is -3.04. The zero-order valence-corrected chi connectivity index (χ0v) is 14.5. The summed E-state index contributed by atoms with van der Waals surface area (Å²) in [6.45, 7) is 0.203. The minimum atomic E-state index is -0.411. The minimum absolute atomic E-state index is 0.0509. The van der Waals surface area contributed by atoms with Crippen LogP contribution in [0.3, 0.4) is 0 Å². The summed E-state index contributed by atoms with van der Waals surface area (Å²) < 4.78 is 18.8. The van der Waals surface area contributed by atoms with Crippen molar-refractivity contribution in [1.82, 2.24) is 4.90 Å². The van der Waals surface area contributed by atoms with Crippen LogP contribution >= 0.6 is 11.8 Å². The zero-order valence-electron chi connectivity index (χ0n) is 13.6. The molecule has 0 unspecified atom stereocenters. The van der Waals surface area contributed by atoms with Crippen molar-refractivity contribution in [2.24, 2.45) is 0 Å². The number of nitrogens with zero attached hydrogens (tertiary/aromatic N) is 1. The van der Waals surface area contributed by atoms with Gasteiger partial charge in [-0.25, -0.2) is 4.39 Å². The van der Waals surface area contributed by atoms with Crippen molar-refractivity contribution < 1.29 is 18.7 Å². The highest BCUT2D eigenvalue weighted by Crippen LogP contribution is 2.33. The minimum Gasteiger partial charge on any atom is -0.488 e. The second-order valence-corrected chi connectivity index (χ2v) is 6.42. The van der Waals surface area contributed by atoms with Crippen LogP contribution in [0.1, 0.15) is 11.1 Å². The number of carbonyl (C=O) groups is 2. The first kappa shape index (κ1) is 17.8. The molecular weight excluding hydrogens is 353 g/mol. The fourth-order valence-electron chi connectivity index (χ4n) is 2.34. The monoisotopic (exact) mass is 367 g/mol. The Morgan fingerprint density at radius 1 is 1.15 bits per heavy atom. The van der Waals surface area contributed by atoms with Gasteiger partial charge in [-0.15, -0.1) is 6.42 Å². The summed E-state index contributed by atoms with van der Waals surface area (Å²) in [6.07, 6.45) is 6.80. The van der Waals surface area contributed by atoms with Crippen molar-refractivity contribution in [3.05, 3.63) is 70.4 Å². The second-order valence-electron chi connectivity index (χ2n) is 5.42. The summed E-state index contributed by atoms with van der Waals surface area (Å²) in [5, 5.41) is -0.385. The molecule has 6 heteroatoms. The highest BCUT2D eigenvalue weighted by molar-refractivity contribution is 8.18. The van der Waals surface area contributed by atoms with Gasteiger partial charge >= 0.3 is 0 Å². The topological polar surface area (TPSA) is 46.6 Å². The maximum Gasteiger partial charge on any atom is 0.294 e. The van der Waals surface area contributed by atoms with Gasteiger partial charge in [0.05, 0.1) is 11.4 Å². The Kier molecular flexibility index (Phi) is 5.40. The van der Waals surface area contributed by atoms with Crippen LogP contribution in [0.15, 0.2) is 53.4 Å². The van der Waals surface area contributed by atoms with Gasteiger partial charge in [-0.2, -0.15) is 0 Å². The maximum atomic E-state index is 13.0. The molecule has 0 bridgehead atoms. The molecule has 0 spiro atoms. The lowest BCUT2D eigenvalue weighted by Gasteiger charge is -2.10. The van der Waals surface area contributed by atoms with Crippen LogP contribution in [0.4, 0.5) is 9.18 Å². The molecule has 0 saturated carbocycles. The Labute approximate surface area is 154 Å². The number of ether oxygens (including phenoxy) is 1. The van der Waals surface area contributed by atoms with Crippen molar-refractivity contribution in [2.75, 3.05) is 6.54 Å². The van der Waals surface area contributed by atoms with E-state index in [1.807, 2.05) is 6.07 Å². The fourth-order valence-corrected chi connectivity index (χ4v) is 3.17. The maximum absolute atomic E-state index is 13.0. The van der Waals surface area contributed by atoms with E-state index in [1.165, 1.54) is 12.1 Å². The molecule has 1 fully saturated rings. The molecule has 0 atom stereocenters. The molecule has 26 heavy (non-hydrogen) atoms. The highest BCUT2D eigenvalue weighted by atomic mass is 32.2. The van der Waals surface area contributed by atoms with Crippen molar-refractivity contribution in [3.63, 3.8) is 0 Å². The molecule has 2 amide bonds. The lowest BCUT2D eigenvalue weighted by atomic mass is 10.1. The fraction of sp³-hybridized carbons (Fsp3) is 0.100. The first-order valence-electron chi connectivity index (χ1n) is 7.73. The summed E-state index contributed by atoms with van der Waals surface area (Å²) in [5.74, 6) is 2.14. The van der Waals surface area contributed by atoms with E-state index in [0.29, 0.717) is 16.2 Å². The van der Waals surface area contributed by atoms with E-state index in [9.17, 15) is 14.0 Å². The van der Waals surface area contributed by atoms with Gasteiger partial charge in [0, 0.05) is 5.56 Å². The number of halogens is 1. The van der Waals surface area contributed by atoms with E-state index in [2.05, 4.69) is 5.92 Å². The van der Waals surface area contributed by atoms with Crippen molar-refractivity contribution in [2.45, 2.75) is 6.61 Å². The van der Waals surface area contributed by atoms with Crippen molar-refractivity contribution >= 4 is 29.0 Å². The second kappa shape index (κ2) is 7.89. The molecule has 0 radical (unpaired) electrons. The van der Waals surface area contributed by atoms with Gasteiger partial charge < -0.3 is 4.74 Å². The molecule has 1 heterocycles. The Bertz CT molecular complexity index is 915. The van der Waals surface area contributed by atoms with Crippen molar-refractivity contribution in [3.8, 4) is 18.1 Å². The number of amides is 2. The Morgan fingerprint density at radius 2 is 1.88 bits per heavy atom. The summed E-state index contributed by atoms with van der Waals surface area (Å²) >= 11 is 0.847. The van der Waals surface area contributed by atoms with E-state index in [4.69, 9.17) is 11.2 Å². The number of carbonyl (C=O) groups excluding carboxylic acids is 2. The number of hydrogen-bond donors (Lipinski definition) is 0. The van der Waals surface area contributed by atoms with Crippen LogP contribution < -0.4 is 4.74 Å². The Balaban J connectivity index is 1.79. The van der Waals surface area contributed by atoms with E-state index >= 15 is 0 Å². The smallest absolute Gasteiger partial charge is 0.294 e. The summed E-state index contributed by atoms with van der Waals surface area (Å²) in [4.78, 5) is 25.5. The van der Waals surface area contributed by atoms with Gasteiger partial charge in [0.1, 0.15) is 18.2 Å². The molecular formula is C20H14FNO3S. The average molecular weight is 367 g/mol. The quantitative estimate of drug-likeness (QED) is 0.590. The van der Waals surface area contributed by atoms with E-state index in [1.54, 1.807) is 36.4 Å². The first-order chi connectivity index (χ1) is 12.6. The lowest BCUT2D eigenvalue weighted by Crippen LogP contribution is -2.28. The third-order valence-electron chi connectivity index (χ3n) is 3.64. The van der Waals surface area contributed by atoms with Gasteiger partial charge in [-0.1, -0.05) is 36.3 Å². The molecule has 130 valence electrons. The first-order valence-corrected chi connectivity index (χ1v) is 8.55. The molecule has 0 N–H and O–H groups in total. The number of terminal acetylenes is 1. The average Bonchev–Trinajstić information content (AvgIpc) is 2.90. The van der Waals surface area contributed by atoms with Crippen LogP contribution in [-0.4, -0.2) is 22.6 Å². The van der Waals surface area contributed by atoms with Gasteiger partial charge in [-0.05, 0) is 41.6 Å². The van der Waals surface area contributed by atoms with Crippen LogP contribution in [0.25, 0.3) is 6.08 Å². The predicted molar refractivity (Wildman–Crippen MR) is 98.7 cm³/mol. The highest BCUT2D eigenvalue weighted by Gasteiger charge is 2.34. The number of hydrogen-bond acceptors (Lipinski definition) is 4. The third kappa shape index (κ3) is 3.95. The lowest BCUT2D eigenvalue weighted by molar-refractivity contribution is -0.122. The Morgan fingerprint density at radius 3 is 2.62 bits per heavy atom. The molecule has 4 nitrogen and oxygen atoms in total. The predicted octanol–water partition coefficient (Wildman–Crippen LogP) is 4.07. The third-order valence-corrected chi connectivity index (χ3v) is 4.54.